The van der Waals surface area contributed by atoms with E-state index in [0.29, 0.717) is 50.9 Å². The molecule has 2 bridgehead atoms. The smallest absolute Gasteiger partial charge is 0.338 e. The Morgan fingerprint density at radius 2 is 1.72 bits per heavy atom. The van der Waals surface area contributed by atoms with E-state index >= 15 is 0 Å². The van der Waals surface area contributed by atoms with Crippen molar-refractivity contribution in [3.8, 4) is 11.5 Å². The van der Waals surface area contributed by atoms with Gasteiger partial charge in [-0.05, 0) is 78.9 Å². The molecule has 50 heavy (non-hydrogen) atoms. The van der Waals surface area contributed by atoms with E-state index in [9.17, 15) is 14.8 Å². The van der Waals surface area contributed by atoms with E-state index in [1.54, 1.807) is 60.9 Å². The zero-order chi connectivity index (χ0) is 35.2. The number of hydrogen-bond donors (Lipinski definition) is 1. The summed E-state index contributed by atoms with van der Waals surface area (Å²) in [6, 6.07) is 15.0. The van der Waals surface area contributed by atoms with Gasteiger partial charge in [-0.3, -0.25) is 15.2 Å². The molecule has 0 aliphatic carbocycles. The van der Waals surface area contributed by atoms with Gasteiger partial charge in [0.1, 0.15) is 28.3 Å². The monoisotopic (exact) mass is 720 g/mol. The van der Waals surface area contributed by atoms with Gasteiger partial charge in [-0.15, -0.1) is 0 Å². The molecule has 3 saturated heterocycles. The predicted octanol–water partition coefficient (Wildman–Crippen LogP) is 5.65. The molecule has 0 spiro atoms. The lowest BCUT2D eigenvalue weighted by Crippen LogP contribution is -2.52. The van der Waals surface area contributed by atoms with Crippen LogP contribution in [0.5, 0.6) is 11.5 Å². The van der Waals surface area contributed by atoms with E-state index in [2.05, 4.69) is 15.2 Å². The first-order valence-corrected chi connectivity index (χ1v) is 17.1. The fourth-order valence-corrected chi connectivity index (χ4v) is 7.11. The number of hydrogen-bond acceptors (Lipinski definition) is 10. The summed E-state index contributed by atoms with van der Waals surface area (Å²) in [6.07, 6.45) is 6.93. The molecule has 1 N–H and O–H groups in total. The van der Waals surface area contributed by atoms with Crippen LogP contribution in [0.2, 0.25) is 10.0 Å². The van der Waals surface area contributed by atoms with Crippen molar-refractivity contribution >= 4 is 35.1 Å². The number of methoxy groups -OCH3 is 2. The number of esters is 2. The molecule has 0 saturated carbocycles. The van der Waals surface area contributed by atoms with Gasteiger partial charge in [-0.25, -0.2) is 9.59 Å². The summed E-state index contributed by atoms with van der Waals surface area (Å²) in [7, 11) is 3.04. The Morgan fingerprint density at radius 1 is 1.00 bits per heavy atom. The summed E-state index contributed by atoms with van der Waals surface area (Å²) < 4.78 is 23.5. The third-order valence-corrected chi connectivity index (χ3v) is 9.94. The van der Waals surface area contributed by atoms with Crippen LogP contribution in [0.15, 0.2) is 79.4 Å². The average molecular weight is 722 g/mol. The van der Waals surface area contributed by atoms with Crippen molar-refractivity contribution in [3.05, 3.63) is 122 Å². The Hall–Kier alpha value is -4.42. The predicted molar refractivity (Wildman–Crippen MR) is 186 cm³/mol. The largest absolute Gasteiger partial charge is 0.619 e. The van der Waals surface area contributed by atoms with Gasteiger partial charge in [-0.2, -0.15) is 4.73 Å². The van der Waals surface area contributed by atoms with Gasteiger partial charge in [0, 0.05) is 37.5 Å². The highest BCUT2D eigenvalue weighted by Crippen LogP contribution is 2.36. The molecule has 262 valence electrons. The molecule has 2 aromatic heterocycles. The first-order valence-electron chi connectivity index (χ1n) is 16.4. The van der Waals surface area contributed by atoms with Crippen molar-refractivity contribution in [2.45, 2.75) is 44.1 Å². The Bertz CT molecular complexity index is 1780. The summed E-state index contributed by atoms with van der Waals surface area (Å²) in [6.45, 7) is 3.22. The van der Waals surface area contributed by atoms with Crippen LogP contribution in [0.3, 0.4) is 0 Å². The Kier molecular flexibility index (Phi) is 11.4. The highest BCUT2D eigenvalue weighted by atomic mass is 35.5. The molecular formula is C37H38Cl2N4O7. The van der Waals surface area contributed by atoms with Crippen molar-refractivity contribution in [3.63, 3.8) is 0 Å². The SMILES string of the molecule is COc1ccc([C@H](Cc2c(Cl)c[n+]([O-])cc2Cl)OC(=O)c2ccc(CNC(C(=O)O[C@H]3CN4CCC3CC4)c3cccnc3)cc2)cc1OC. The van der Waals surface area contributed by atoms with Gasteiger partial charge in [0.15, 0.2) is 23.9 Å². The Morgan fingerprint density at radius 3 is 2.34 bits per heavy atom. The van der Waals surface area contributed by atoms with E-state index < -0.39 is 18.1 Å². The molecular weight excluding hydrogens is 683 g/mol. The molecule has 3 aliphatic rings. The van der Waals surface area contributed by atoms with Crippen LogP contribution in [0.1, 0.15) is 57.6 Å². The molecule has 5 heterocycles. The molecule has 0 amide bonds. The van der Waals surface area contributed by atoms with E-state index in [0.717, 1.165) is 38.0 Å². The maximum atomic E-state index is 13.5. The van der Waals surface area contributed by atoms with Crippen LogP contribution in [0, 0.1) is 11.1 Å². The molecule has 7 rings (SSSR count). The summed E-state index contributed by atoms with van der Waals surface area (Å²) in [5.41, 5.74) is 2.92. The quantitative estimate of drug-likeness (QED) is 0.105. The number of ether oxygens (including phenoxy) is 4. The highest BCUT2D eigenvalue weighted by Gasteiger charge is 2.38. The van der Waals surface area contributed by atoms with Crippen LogP contribution >= 0.6 is 23.2 Å². The number of aromatic nitrogens is 2. The van der Waals surface area contributed by atoms with Crippen molar-refractivity contribution in [2.75, 3.05) is 33.9 Å². The van der Waals surface area contributed by atoms with Crippen LogP contribution in [0.25, 0.3) is 0 Å². The van der Waals surface area contributed by atoms with E-state index in [4.69, 9.17) is 42.1 Å². The van der Waals surface area contributed by atoms with E-state index in [1.165, 1.54) is 26.6 Å². The maximum Gasteiger partial charge on any atom is 0.338 e. The average Bonchev–Trinajstić information content (AvgIpc) is 3.13. The van der Waals surface area contributed by atoms with Crippen molar-refractivity contribution in [2.24, 2.45) is 5.92 Å². The highest BCUT2D eigenvalue weighted by molar-refractivity contribution is 6.35. The number of halogens is 2. The van der Waals surface area contributed by atoms with Gasteiger partial charge < -0.3 is 24.2 Å². The summed E-state index contributed by atoms with van der Waals surface area (Å²) in [4.78, 5) is 33.6. The minimum atomic E-state index is -0.844. The summed E-state index contributed by atoms with van der Waals surface area (Å²) >= 11 is 12.8. The zero-order valence-electron chi connectivity index (χ0n) is 27.7. The number of carbonyl (C=O) groups is 2. The zero-order valence-corrected chi connectivity index (χ0v) is 29.2. The molecule has 4 aromatic rings. The number of benzene rings is 2. The summed E-state index contributed by atoms with van der Waals surface area (Å²) in [5.74, 6) is 0.431. The van der Waals surface area contributed by atoms with Crippen molar-refractivity contribution in [1.29, 1.82) is 0 Å². The van der Waals surface area contributed by atoms with Gasteiger partial charge in [0.25, 0.3) is 0 Å². The number of piperidine rings is 3. The van der Waals surface area contributed by atoms with E-state index in [1.807, 2.05) is 6.07 Å². The topological polar surface area (TPSA) is 126 Å². The van der Waals surface area contributed by atoms with Crippen molar-refractivity contribution < 1.29 is 33.3 Å². The number of pyridine rings is 2. The molecule has 13 heteroatoms. The number of nitrogens with one attached hydrogen (secondary N) is 1. The summed E-state index contributed by atoms with van der Waals surface area (Å²) in [5, 5.41) is 15.5. The minimum Gasteiger partial charge on any atom is -0.619 e. The maximum absolute atomic E-state index is 13.5. The number of rotatable bonds is 13. The number of carbonyl (C=O) groups excluding carboxylic acids is 2. The van der Waals surface area contributed by atoms with Crippen LogP contribution < -0.4 is 19.5 Å². The van der Waals surface area contributed by atoms with Gasteiger partial charge in [-0.1, -0.05) is 47.5 Å². The van der Waals surface area contributed by atoms with Gasteiger partial charge in [0.2, 0.25) is 0 Å². The molecule has 1 unspecified atom stereocenters. The molecule has 3 atom stereocenters. The lowest BCUT2D eigenvalue weighted by atomic mass is 9.86. The molecule has 3 aliphatic heterocycles. The fraction of sp³-hybridized carbons (Fsp3) is 0.351. The first kappa shape index (κ1) is 35.4. The number of nitrogens with zero attached hydrogens (tertiary/aromatic N) is 3. The van der Waals surface area contributed by atoms with Crippen LogP contribution in [0.4, 0.5) is 0 Å². The molecule has 3 fully saturated rings. The first-order chi connectivity index (χ1) is 24.2. The second kappa shape index (κ2) is 16.1. The van der Waals surface area contributed by atoms with E-state index in [-0.39, 0.29) is 28.5 Å². The number of fused-ring (bicyclic) bond motifs is 3. The van der Waals surface area contributed by atoms with Crippen molar-refractivity contribution in [1.82, 2.24) is 15.2 Å². The third kappa shape index (κ3) is 8.30. The normalized spacial score (nSPS) is 19.3. The van der Waals surface area contributed by atoms with Gasteiger partial charge >= 0.3 is 11.9 Å². The minimum absolute atomic E-state index is 0.0905. The lowest BCUT2D eigenvalue weighted by molar-refractivity contribution is -0.605. The molecule has 0 radical (unpaired) electrons. The van der Waals surface area contributed by atoms with Gasteiger partial charge in [0.05, 0.1) is 19.8 Å². The molecule has 2 aromatic carbocycles. The second-order valence-corrected chi connectivity index (χ2v) is 13.2. The van der Waals surface area contributed by atoms with Crippen LogP contribution in [-0.2, 0) is 27.2 Å². The fourth-order valence-electron chi connectivity index (χ4n) is 6.51. The third-order valence-electron chi connectivity index (χ3n) is 9.29. The Labute approximate surface area is 300 Å². The Balaban J connectivity index is 1.16. The molecule has 11 nitrogen and oxygen atoms in total. The standard InChI is InChI=1S/C37H38Cl2N4O7/c1-47-31-10-9-26(16-33(31)48-2)32(17-28-29(38)20-43(46)21-30(28)39)49-36(44)25-7-5-23(6-8-25)18-41-35(27-4-3-13-40-19-27)37(45)50-34-22-42-14-11-24(34)12-15-42/h3-10,13,16,19-21,24,32,34-35,41H,11-12,14-15,17-18,22H2,1-2H3/t32-,34-,35?/m0/s1. The van der Waals surface area contributed by atoms with Crippen LogP contribution in [-0.4, -0.2) is 61.8 Å². The second-order valence-electron chi connectivity index (χ2n) is 12.4. The lowest BCUT2D eigenvalue weighted by Gasteiger charge is -2.44.